The second-order valence-corrected chi connectivity index (χ2v) is 7.34. The van der Waals surface area contributed by atoms with E-state index in [-0.39, 0.29) is 34.5 Å². The maximum Gasteiger partial charge on any atom is 0.251 e. The maximum absolute atomic E-state index is 13.6. The molecule has 0 unspecified atom stereocenters. The number of carbonyl (C=O) groups excluding carboxylic acids is 1. The summed E-state index contributed by atoms with van der Waals surface area (Å²) in [6, 6.07) is 11.6. The number of amides is 1. The van der Waals surface area contributed by atoms with Gasteiger partial charge in [0.2, 0.25) is 10.0 Å². The summed E-state index contributed by atoms with van der Waals surface area (Å²) >= 11 is 0. The molecule has 0 atom stereocenters. The molecule has 2 N–H and O–H groups in total. The first-order chi connectivity index (χ1) is 11.3. The number of sulfonamides is 1. The molecular formula is C17H19FN2O3S. The van der Waals surface area contributed by atoms with Gasteiger partial charge in [0.25, 0.3) is 5.91 Å². The van der Waals surface area contributed by atoms with E-state index in [2.05, 4.69) is 10.0 Å². The van der Waals surface area contributed by atoms with Crippen molar-refractivity contribution in [2.45, 2.75) is 31.3 Å². The summed E-state index contributed by atoms with van der Waals surface area (Å²) in [5, 5.41) is 2.70. The zero-order valence-electron chi connectivity index (χ0n) is 13.4. The Kier molecular flexibility index (Phi) is 5.69. The van der Waals surface area contributed by atoms with E-state index in [4.69, 9.17) is 0 Å². The molecule has 5 nitrogen and oxygen atoms in total. The zero-order chi connectivity index (χ0) is 17.7. The number of nitrogens with one attached hydrogen (secondary N) is 2. The Morgan fingerprint density at radius 1 is 1.12 bits per heavy atom. The molecule has 0 spiro atoms. The van der Waals surface area contributed by atoms with Crippen LogP contribution in [0, 0.1) is 5.82 Å². The van der Waals surface area contributed by atoms with Crippen molar-refractivity contribution in [1.29, 1.82) is 0 Å². The van der Waals surface area contributed by atoms with E-state index < -0.39 is 15.8 Å². The average molecular weight is 350 g/mol. The maximum atomic E-state index is 13.6. The summed E-state index contributed by atoms with van der Waals surface area (Å²) in [6.45, 7) is 3.46. The molecule has 0 saturated heterocycles. The van der Waals surface area contributed by atoms with Gasteiger partial charge in [0.1, 0.15) is 5.82 Å². The van der Waals surface area contributed by atoms with E-state index in [1.807, 2.05) is 13.8 Å². The highest BCUT2D eigenvalue weighted by atomic mass is 32.2. The summed E-state index contributed by atoms with van der Waals surface area (Å²) in [7, 11) is -3.86. The van der Waals surface area contributed by atoms with E-state index >= 15 is 0 Å². The van der Waals surface area contributed by atoms with Crippen LogP contribution in [0.4, 0.5) is 4.39 Å². The Hall–Kier alpha value is -2.25. The Bertz CT molecular complexity index is 835. The van der Waals surface area contributed by atoms with Crippen molar-refractivity contribution in [3.63, 3.8) is 0 Å². The van der Waals surface area contributed by atoms with E-state index in [0.717, 1.165) is 0 Å². The second kappa shape index (κ2) is 7.55. The quantitative estimate of drug-likeness (QED) is 0.840. The molecule has 0 bridgehead atoms. The molecule has 7 heteroatoms. The predicted molar refractivity (Wildman–Crippen MR) is 89.5 cm³/mol. The molecule has 1 amide bonds. The molecule has 2 aromatic rings. The van der Waals surface area contributed by atoms with Crippen molar-refractivity contribution in [3.8, 4) is 0 Å². The molecule has 0 radical (unpaired) electrons. The Morgan fingerprint density at radius 3 is 2.50 bits per heavy atom. The van der Waals surface area contributed by atoms with Crippen LogP contribution in [0.5, 0.6) is 0 Å². The van der Waals surface area contributed by atoms with Gasteiger partial charge < -0.3 is 5.32 Å². The molecule has 24 heavy (non-hydrogen) atoms. The number of carbonyl (C=O) groups is 1. The summed E-state index contributed by atoms with van der Waals surface area (Å²) in [4.78, 5) is 11.9. The largest absolute Gasteiger partial charge is 0.350 e. The second-order valence-electron chi connectivity index (χ2n) is 5.57. The molecule has 0 heterocycles. The van der Waals surface area contributed by atoms with E-state index in [9.17, 15) is 17.6 Å². The van der Waals surface area contributed by atoms with Crippen LogP contribution in [0.2, 0.25) is 0 Å². The minimum atomic E-state index is -3.86. The summed E-state index contributed by atoms with van der Waals surface area (Å²) < 4.78 is 40.6. The predicted octanol–water partition coefficient (Wildman–Crippen LogP) is 2.44. The van der Waals surface area contributed by atoms with Crippen LogP contribution in [0.3, 0.4) is 0 Å². The topological polar surface area (TPSA) is 75.3 Å². The molecule has 0 aliphatic heterocycles. The molecule has 128 valence electrons. The van der Waals surface area contributed by atoms with Crippen molar-refractivity contribution in [1.82, 2.24) is 10.0 Å². The molecule has 0 aliphatic rings. The number of hydrogen-bond donors (Lipinski definition) is 2. The van der Waals surface area contributed by atoms with Gasteiger partial charge in [-0.2, -0.15) is 0 Å². The fraction of sp³-hybridized carbons (Fsp3) is 0.235. The Balaban J connectivity index is 2.17. The number of halogens is 1. The standard InChI is InChI=1S/C17H19FN2O3S/c1-12(2)20-17(21)13-7-5-8-15(10-13)24(22,23)19-11-14-6-3-4-9-16(14)18/h3-10,12,19H,11H2,1-2H3,(H,20,21). The van der Waals surface area contributed by atoms with Gasteiger partial charge in [0, 0.05) is 23.7 Å². The van der Waals surface area contributed by atoms with Crippen LogP contribution in [-0.2, 0) is 16.6 Å². The van der Waals surface area contributed by atoms with Gasteiger partial charge in [-0.15, -0.1) is 0 Å². The zero-order valence-corrected chi connectivity index (χ0v) is 14.2. The minimum Gasteiger partial charge on any atom is -0.350 e. The fourth-order valence-electron chi connectivity index (χ4n) is 2.05. The van der Waals surface area contributed by atoms with Crippen LogP contribution in [-0.4, -0.2) is 20.4 Å². The van der Waals surface area contributed by atoms with Gasteiger partial charge >= 0.3 is 0 Å². The Morgan fingerprint density at radius 2 is 1.83 bits per heavy atom. The molecule has 2 aromatic carbocycles. The number of rotatable bonds is 6. The van der Waals surface area contributed by atoms with Crippen LogP contribution in [0.25, 0.3) is 0 Å². The molecular weight excluding hydrogens is 331 g/mol. The third-order valence-electron chi connectivity index (χ3n) is 3.24. The van der Waals surface area contributed by atoms with E-state index in [0.29, 0.717) is 0 Å². The third kappa shape index (κ3) is 4.62. The number of benzene rings is 2. The van der Waals surface area contributed by atoms with E-state index in [1.54, 1.807) is 6.07 Å². The molecule has 0 aromatic heterocycles. The summed E-state index contributed by atoms with van der Waals surface area (Å²) in [6.07, 6.45) is 0. The SMILES string of the molecule is CC(C)NC(=O)c1cccc(S(=O)(=O)NCc2ccccc2F)c1. The van der Waals surface area contributed by atoms with Crippen molar-refractivity contribution < 1.29 is 17.6 Å². The normalized spacial score (nSPS) is 11.5. The van der Waals surface area contributed by atoms with E-state index in [1.165, 1.54) is 42.5 Å². The third-order valence-corrected chi connectivity index (χ3v) is 4.64. The van der Waals surface area contributed by atoms with Gasteiger partial charge in [-0.05, 0) is 38.1 Å². The van der Waals surface area contributed by atoms with Crippen molar-refractivity contribution >= 4 is 15.9 Å². The molecule has 0 fully saturated rings. The lowest BCUT2D eigenvalue weighted by atomic mass is 10.2. The lowest BCUT2D eigenvalue weighted by Crippen LogP contribution is -2.30. The van der Waals surface area contributed by atoms with Gasteiger partial charge in [-0.1, -0.05) is 24.3 Å². The highest BCUT2D eigenvalue weighted by Gasteiger charge is 2.17. The average Bonchev–Trinajstić information content (AvgIpc) is 2.53. The summed E-state index contributed by atoms with van der Waals surface area (Å²) in [5.41, 5.74) is 0.493. The Labute approximate surface area is 141 Å². The number of hydrogen-bond acceptors (Lipinski definition) is 3. The van der Waals surface area contributed by atoms with Gasteiger partial charge in [0.15, 0.2) is 0 Å². The van der Waals surface area contributed by atoms with Gasteiger partial charge in [-0.25, -0.2) is 17.5 Å². The smallest absolute Gasteiger partial charge is 0.251 e. The van der Waals surface area contributed by atoms with Crippen LogP contribution < -0.4 is 10.0 Å². The first kappa shape index (κ1) is 18.1. The van der Waals surface area contributed by atoms with Crippen molar-refractivity contribution in [2.75, 3.05) is 0 Å². The first-order valence-corrected chi connectivity index (χ1v) is 8.92. The van der Waals surface area contributed by atoms with Gasteiger partial charge in [-0.3, -0.25) is 4.79 Å². The van der Waals surface area contributed by atoms with Crippen LogP contribution in [0.15, 0.2) is 53.4 Å². The van der Waals surface area contributed by atoms with Gasteiger partial charge in [0.05, 0.1) is 4.90 Å². The lowest BCUT2D eigenvalue weighted by molar-refractivity contribution is 0.0943. The highest BCUT2D eigenvalue weighted by Crippen LogP contribution is 2.13. The molecule has 2 rings (SSSR count). The van der Waals surface area contributed by atoms with Crippen LogP contribution in [0.1, 0.15) is 29.8 Å². The van der Waals surface area contributed by atoms with Crippen molar-refractivity contribution in [2.24, 2.45) is 0 Å². The van der Waals surface area contributed by atoms with Crippen molar-refractivity contribution in [3.05, 3.63) is 65.5 Å². The lowest BCUT2D eigenvalue weighted by Gasteiger charge is -2.11. The summed E-state index contributed by atoms with van der Waals surface area (Å²) in [5.74, 6) is -0.832. The fourth-order valence-corrected chi connectivity index (χ4v) is 3.10. The molecule has 0 aliphatic carbocycles. The molecule has 0 saturated carbocycles. The monoisotopic (exact) mass is 350 g/mol. The highest BCUT2D eigenvalue weighted by molar-refractivity contribution is 7.89. The minimum absolute atomic E-state index is 0.0461. The first-order valence-electron chi connectivity index (χ1n) is 7.43. The van der Waals surface area contributed by atoms with Crippen LogP contribution >= 0.6 is 0 Å².